The number of aromatic nitrogens is 3. The van der Waals surface area contributed by atoms with E-state index in [4.69, 9.17) is 0 Å². The van der Waals surface area contributed by atoms with Crippen LogP contribution in [0.3, 0.4) is 0 Å². The van der Waals surface area contributed by atoms with E-state index >= 15 is 0 Å². The molecule has 4 rings (SSSR count). The normalized spacial score (nSPS) is 14.5. The number of nitrogens with zero attached hydrogens (tertiary/aromatic N) is 4. The smallest absolute Gasteiger partial charge is 0.227 e. The highest BCUT2D eigenvalue weighted by atomic mass is 32.1. The third-order valence-electron chi connectivity index (χ3n) is 4.64. The summed E-state index contributed by atoms with van der Waals surface area (Å²) in [5.41, 5.74) is 4.22. The first-order valence-corrected chi connectivity index (χ1v) is 9.90. The van der Waals surface area contributed by atoms with Crippen LogP contribution in [0.4, 0.5) is 17.3 Å². The highest BCUT2D eigenvalue weighted by molar-refractivity contribution is 7.15. The minimum atomic E-state index is 0.610. The molecule has 0 aliphatic carbocycles. The Kier molecular flexibility index (Phi) is 4.84. The maximum Gasteiger partial charge on any atom is 0.227 e. The lowest BCUT2D eigenvalue weighted by Crippen LogP contribution is -2.29. The van der Waals surface area contributed by atoms with Gasteiger partial charge in [0.25, 0.3) is 0 Å². The highest BCUT2D eigenvalue weighted by Crippen LogP contribution is 2.29. The lowest BCUT2D eigenvalue weighted by molar-refractivity contribution is 0.578. The maximum atomic E-state index is 4.66. The number of piperidine rings is 1. The quantitative estimate of drug-likeness (QED) is 0.709. The number of benzene rings is 1. The second-order valence-corrected chi connectivity index (χ2v) is 7.84. The van der Waals surface area contributed by atoms with Gasteiger partial charge in [-0.05, 0) is 63.4 Å². The molecule has 1 aromatic carbocycles. The SMILES string of the molecule is Cc1nc(C)c(-c2ccnc(Nc3ccc(N4CCCCC4)cc3)n2)s1. The van der Waals surface area contributed by atoms with Gasteiger partial charge in [0.2, 0.25) is 5.95 Å². The van der Waals surface area contributed by atoms with Crippen LogP contribution in [0.5, 0.6) is 0 Å². The molecule has 134 valence electrons. The minimum Gasteiger partial charge on any atom is -0.372 e. The Labute approximate surface area is 158 Å². The van der Waals surface area contributed by atoms with Crippen molar-refractivity contribution in [2.45, 2.75) is 33.1 Å². The molecule has 0 atom stereocenters. The lowest BCUT2D eigenvalue weighted by atomic mass is 10.1. The van der Waals surface area contributed by atoms with E-state index in [9.17, 15) is 0 Å². The largest absolute Gasteiger partial charge is 0.372 e. The predicted molar refractivity (Wildman–Crippen MR) is 108 cm³/mol. The summed E-state index contributed by atoms with van der Waals surface area (Å²) < 4.78 is 0. The van der Waals surface area contributed by atoms with Crippen molar-refractivity contribution < 1.29 is 0 Å². The van der Waals surface area contributed by atoms with Crippen LogP contribution in [0.15, 0.2) is 36.5 Å². The van der Waals surface area contributed by atoms with Gasteiger partial charge in [-0.15, -0.1) is 11.3 Å². The molecule has 1 N–H and O–H groups in total. The molecular formula is C20H23N5S. The van der Waals surface area contributed by atoms with Crippen molar-refractivity contribution in [3.8, 4) is 10.6 Å². The minimum absolute atomic E-state index is 0.610. The second-order valence-electron chi connectivity index (χ2n) is 6.63. The zero-order valence-corrected chi connectivity index (χ0v) is 16.0. The van der Waals surface area contributed by atoms with E-state index < -0.39 is 0 Å². The standard InChI is InChI=1S/C20H23N5S/c1-14-19(26-15(2)22-14)18-10-11-21-20(24-18)23-16-6-8-17(9-7-16)25-12-4-3-5-13-25/h6-11H,3-5,12-13H2,1-2H3,(H,21,23,24). The van der Waals surface area contributed by atoms with Gasteiger partial charge < -0.3 is 10.2 Å². The second kappa shape index (κ2) is 7.41. The fourth-order valence-electron chi connectivity index (χ4n) is 3.35. The number of thiazole rings is 1. The summed E-state index contributed by atoms with van der Waals surface area (Å²) in [6.45, 7) is 6.36. The van der Waals surface area contributed by atoms with Crippen molar-refractivity contribution in [1.82, 2.24) is 15.0 Å². The number of rotatable bonds is 4. The Morgan fingerprint density at radius 1 is 0.962 bits per heavy atom. The molecule has 3 heterocycles. The van der Waals surface area contributed by atoms with Gasteiger partial charge in [0.15, 0.2) is 0 Å². The molecule has 0 amide bonds. The number of hydrogen-bond acceptors (Lipinski definition) is 6. The first-order valence-electron chi connectivity index (χ1n) is 9.08. The molecule has 0 bridgehead atoms. The van der Waals surface area contributed by atoms with E-state index in [-0.39, 0.29) is 0 Å². The Morgan fingerprint density at radius 3 is 2.42 bits per heavy atom. The molecule has 5 nitrogen and oxygen atoms in total. The average Bonchev–Trinajstić information content (AvgIpc) is 3.01. The summed E-state index contributed by atoms with van der Waals surface area (Å²) in [6, 6.07) is 10.5. The summed E-state index contributed by atoms with van der Waals surface area (Å²) in [6.07, 6.45) is 5.72. The van der Waals surface area contributed by atoms with E-state index in [1.54, 1.807) is 17.5 Å². The maximum absolute atomic E-state index is 4.66. The average molecular weight is 366 g/mol. The zero-order chi connectivity index (χ0) is 17.9. The van der Waals surface area contributed by atoms with Crippen LogP contribution < -0.4 is 10.2 Å². The first-order chi connectivity index (χ1) is 12.7. The van der Waals surface area contributed by atoms with Gasteiger partial charge in [-0.25, -0.2) is 15.0 Å². The van der Waals surface area contributed by atoms with E-state index in [0.717, 1.165) is 40.0 Å². The van der Waals surface area contributed by atoms with Crippen molar-refractivity contribution in [3.63, 3.8) is 0 Å². The van der Waals surface area contributed by atoms with Crippen LogP contribution in [0.2, 0.25) is 0 Å². The van der Waals surface area contributed by atoms with Crippen LogP contribution in [0, 0.1) is 13.8 Å². The molecule has 1 saturated heterocycles. The molecule has 6 heteroatoms. The monoisotopic (exact) mass is 365 g/mol. The van der Waals surface area contributed by atoms with Gasteiger partial charge in [0, 0.05) is 30.7 Å². The Balaban J connectivity index is 1.50. The fourth-order valence-corrected chi connectivity index (χ4v) is 4.24. The Hall–Kier alpha value is -2.47. The molecule has 0 spiro atoms. The van der Waals surface area contributed by atoms with Crippen LogP contribution in [0.1, 0.15) is 30.0 Å². The van der Waals surface area contributed by atoms with Gasteiger partial charge in [-0.2, -0.15) is 0 Å². The van der Waals surface area contributed by atoms with Crippen LogP contribution in [0.25, 0.3) is 10.6 Å². The summed E-state index contributed by atoms with van der Waals surface area (Å²) in [4.78, 5) is 17.1. The number of nitrogens with one attached hydrogen (secondary N) is 1. The molecule has 2 aromatic heterocycles. The summed E-state index contributed by atoms with van der Waals surface area (Å²) in [5, 5.41) is 4.37. The zero-order valence-electron chi connectivity index (χ0n) is 15.2. The summed E-state index contributed by atoms with van der Waals surface area (Å²) in [7, 11) is 0. The molecule has 26 heavy (non-hydrogen) atoms. The van der Waals surface area contributed by atoms with Crippen molar-refractivity contribution >= 4 is 28.7 Å². The highest BCUT2D eigenvalue weighted by Gasteiger charge is 2.12. The predicted octanol–water partition coefficient (Wildman–Crippen LogP) is 4.95. The molecule has 1 fully saturated rings. The van der Waals surface area contributed by atoms with Crippen LogP contribution in [-0.2, 0) is 0 Å². The van der Waals surface area contributed by atoms with Gasteiger partial charge in [0.1, 0.15) is 0 Å². The van der Waals surface area contributed by atoms with Crippen LogP contribution in [-0.4, -0.2) is 28.0 Å². The first kappa shape index (κ1) is 17.0. The topological polar surface area (TPSA) is 53.9 Å². The van der Waals surface area contributed by atoms with Gasteiger partial charge >= 0.3 is 0 Å². The van der Waals surface area contributed by atoms with E-state index in [2.05, 4.69) is 49.4 Å². The third kappa shape index (κ3) is 3.70. The van der Waals surface area contributed by atoms with Crippen molar-refractivity contribution in [1.29, 1.82) is 0 Å². The Bertz CT molecular complexity index is 881. The number of aryl methyl sites for hydroxylation is 2. The van der Waals surface area contributed by atoms with E-state index in [0.29, 0.717) is 5.95 Å². The van der Waals surface area contributed by atoms with Gasteiger partial charge in [0.05, 0.1) is 21.3 Å². The number of anilines is 3. The summed E-state index contributed by atoms with van der Waals surface area (Å²) >= 11 is 1.67. The molecule has 0 radical (unpaired) electrons. The number of hydrogen-bond donors (Lipinski definition) is 1. The molecule has 1 aliphatic rings. The van der Waals surface area contributed by atoms with Crippen molar-refractivity contribution in [2.24, 2.45) is 0 Å². The fraction of sp³-hybridized carbons (Fsp3) is 0.350. The third-order valence-corrected chi connectivity index (χ3v) is 5.73. The lowest BCUT2D eigenvalue weighted by Gasteiger charge is -2.28. The van der Waals surface area contributed by atoms with E-state index in [1.165, 1.54) is 24.9 Å². The van der Waals surface area contributed by atoms with Crippen LogP contribution >= 0.6 is 11.3 Å². The summed E-state index contributed by atoms with van der Waals surface area (Å²) in [5.74, 6) is 0.610. The van der Waals surface area contributed by atoms with Gasteiger partial charge in [-0.3, -0.25) is 0 Å². The molecule has 0 unspecified atom stereocenters. The van der Waals surface area contributed by atoms with Gasteiger partial charge in [-0.1, -0.05) is 0 Å². The molecule has 1 aliphatic heterocycles. The molecular weight excluding hydrogens is 342 g/mol. The van der Waals surface area contributed by atoms with Crippen molar-refractivity contribution in [3.05, 3.63) is 47.2 Å². The molecule has 3 aromatic rings. The van der Waals surface area contributed by atoms with Crippen molar-refractivity contribution in [2.75, 3.05) is 23.3 Å². The van der Waals surface area contributed by atoms with E-state index in [1.807, 2.05) is 19.9 Å². The Morgan fingerprint density at radius 2 is 1.73 bits per heavy atom. The molecule has 0 saturated carbocycles.